The van der Waals surface area contributed by atoms with E-state index < -0.39 is 0 Å². The van der Waals surface area contributed by atoms with Crippen molar-refractivity contribution in [2.75, 3.05) is 26.3 Å². The molecule has 2 aliphatic heterocycles. The molecule has 4 heterocycles. The lowest BCUT2D eigenvalue weighted by Gasteiger charge is -2.53. The van der Waals surface area contributed by atoms with Crippen molar-refractivity contribution < 1.29 is 14.3 Å². The van der Waals surface area contributed by atoms with Crippen molar-refractivity contribution in [1.82, 2.24) is 24.6 Å². The Hall–Kier alpha value is -2.48. The van der Waals surface area contributed by atoms with E-state index in [4.69, 9.17) is 9.47 Å². The van der Waals surface area contributed by atoms with Gasteiger partial charge in [-0.1, -0.05) is 0 Å². The lowest BCUT2D eigenvalue weighted by Crippen LogP contribution is -2.66. The molecule has 0 N–H and O–H groups in total. The Balaban J connectivity index is 1.26. The number of hydrogen-bond donors (Lipinski definition) is 0. The van der Waals surface area contributed by atoms with Gasteiger partial charge in [0.1, 0.15) is 5.60 Å². The highest BCUT2D eigenvalue weighted by atomic mass is 16.5. The van der Waals surface area contributed by atoms with E-state index >= 15 is 0 Å². The molecule has 2 saturated heterocycles. The van der Waals surface area contributed by atoms with Crippen LogP contribution in [0.5, 0.6) is 6.01 Å². The summed E-state index contributed by atoms with van der Waals surface area (Å²) < 4.78 is 13.4. The molecular formula is C19H25N5O3. The fourth-order valence-corrected chi connectivity index (χ4v) is 3.92. The standard InChI is InChI=1S/C19H25N5O3/c1-14-3-6-20-18(22-14)26-7-4-15-5-8-27-19(9-15)12-24(13-19)17(25)16-10-21-23(2)11-16/h3,6,10-11,15H,4-5,7-9,12-13H2,1-2H3. The summed E-state index contributed by atoms with van der Waals surface area (Å²) in [5.74, 6) is 0.554. The Morgan fingerprint density at radius 2 is 2.30 bits per heavy atom. The number of carbonyl (C=O) groups excluding carboxylic acids is 1. The summed E-state index contributed by atoms with van der Waals surface area (Å²) >= 11 is 0. The maximum Gasteiger partial charge on any atom is 0.316 e. The predicted molar refractivity (Wildman–Crippen MR) is 97.4 cm³/mol. The molecule has 27 heavy (non-hydrogen) atoms. The highest BCUT2D eigenvalue weighted by Gasteiger charge is 2.49. The number of hydrogen-bond acceptors (Lipinski definition) is 6. The molecule has 0 saturated carbocycles. The zero-order chi connectivity index (χ0) is 18.9. The van der Waals surface area contributed by atoms with Crippen LogP contribution in [-0.4, -0.2) is 62.5 Å². The first-order valence-electron chi connectivity index (χ1n) is 9.37. The third-order valence-corrected chi connectivity index (χ3v) is 5.32. The van der Waals surface area contributed by atoms with Gasteiger partial charge in [-0.05, 0) is 38.2 Å². The summed E-state index contributed by atoms with van der Waals surface area (Å²) in [5, 5.41) is 4.07. The average molecular weight is 371 g/mol. The summed E-state index contributed by atoms with van der Waals surface area (Å²) in [6.45, 7) is 4.56. The van der Waals surface area contributed by atoms with Gasteiger partial charge in [0.25, 0.3) is 5.91 Å². The molecule has 2 aromatic heterocycles. The number of rotatable bonds is 5. The molecule has 1 spiro atoms. The highest BCUT2D eigenvalue weighted by molar-refractivity contribution is 5.94. The Bertz CT molecular complexity index is 815. The fourth-order valence-electron chi connectivity index (χ4n) is 3.92. The second-order valence-corrected chi connectivity index (χ2v) is 7.57. The SMILES string of the molecule is Cc1ccnc(OCCC2CCOC3(C2)CN(C(=O)c2cnn(C)c2)C3)n1. The normalized spacial score (nSPS) is 21.1. The van der Waals surface area contributed by atoms with E-state index in [0.717, 1.165) is 31.6 Å². The molecule has 8 nitrogen and oxygen atoms in total. The Kier molecular flexibility index (Phi) is 4.82. The van der Waals surface area contributed by atoms with Crippen molar-refractivity contribution in [2.24, 2.45) is 13.0 Å². The number of ether oxygens (including phenoxy) is 2. The van der Waals surface area contributed by atoms with Crippen LogP contribution in [0.25, 0.3) is 0 Å². The number of likely N-dealkylation sites (tertiary alicyclic amines) is 1. The first-order chi connectivity index (χ1) is 13.0. The quantitative estimate of drug-likeness (QED) is 0.794. The van der Waals surface area contributed by atoms with E-state index in [-0.39, 0.29) is 11.5 Å². The predicted octanol–water partition coefficient (Wildman–Crippen LogP) is 1.61. The van der Waals surface area contributed by atoms with E-state index in [1.165, 1.54) is 0 Å². The summed E-state index contributed by atoms with van der Waals surface area (Å²) in [7, 11) is 1.81. The number of aromatic nitrogens is 4. The minimum absolute atomic E-state index is 0.0272. The topological polar surface area (TPSA) is 82.4 Å². The lowest BCUT2D eigenvalue weighted by atomic mass is 9.79. The van der Waals surface area contributed by atoms with Crippen LogP contribution >= 0.6 is 0 Å². The van der Waals surface area contributed by atoms with Crippen molar-refractivity contribution in [3.8, 4) is 6.01 Å². The van der Waals surface area contributed by atoms with Gasteiger partial charge < -0.3 is 14.4 Å². The zero-order valence-electron chi connectivity index (χ0n) is 15.8. The van der Waals surface area contributed by atoms with Crippen LogP contribution in [0, 0.1) is 12.8 Å². The fraction of sp³-hybridized carbons (Fsp3) is 0.579. The molecule has 0 aliphatic carbocycles. The van der Waals surface area contributed by atoms with Crippen molar-refractivity contribution in [1.29, 1.82) is 0 Å². The zero-order valence-corrected chi connectivity index (χ0v) is 15.8. The molecule has 2 aromatic rings. The van der Waals surface area contributed by atoms with Crippen LogP contribution in [0.3, 0.4) is 0 Å². The summed E-state index contributed by atoms with van der Waals surface area (Å²) in [6.07, 6.45) is 8.01. The van der Waals surface area contributed by atoms with Crippen LogP contribution in [0.2, 0.25) is 0 Å². The molecule has 0 aromatic carbocycles. The first kappa shape index (κ1) is 17.9. The van der Waals surface area contributed by atoms with Crippen LogP contribution in [-0.2, 0) is 11.8 Å². The Morgan fingerprint density at radius 1 is 1.44 bits per heavy atom. The maximum atomic E-state index is 12.5. The molecular weight excluding hydrogens is 346 g/mol. The van der Waals surface area contributed by atoms with Crippen LogP contribution in [0.15, 0.2) is 24.7 Å². The number of amides is 1. The van der Waals surface area contributed by atoms with E-state index in [1.807, 2.05) is 24.9 Å². The Morgan fingerprint density at radius 3 is 3.04 bits per heavy atom. The monoisotopic (exact) mass is 371 g/mol. The number of aryl methyl sites for hydroxylation is 2. The minimum atomic E-state index is -0.194. The van der Waals surface area contributed by atoms with Gasteiger partial charge in [-0.15, -0.1) is 0 Å². The van der Waals surface area contributed by atoms with Gasteiger partial charge >= 0.3 is 6.01 Å². The first-order valence-corrected chi connectivity index (χ1v) is 9.37. The summed E-state index contributed by atoms with van der Waals surface area (Å²) in [5.41, 5.74) is 1.34. The minimum Gasteiger partial charge on any atom is -0.463 e. The van der Waals surface area contributed by atoms with Gasteiger partial charge in [0, 0.05) is 31.7 Å². The van der Waals surface area contributed by atoms with Crippen molar-refractivity contribution in [3.05, 3.63) is 35.9 Å². The van der Waals surface area contributed by atoms with Gasteiger partial charge in [0.05, 0.1) is 31.5 Å². The van der Waals surface area contributed by atoms with Gasteiger partial charge in [-0.2, -0.15) is 5.10 Å². The third-order valence-electron chi connectivity index (χ3n) is 5.32. The van der Waals surface area contributed by atoms with Crippen LogP contribution in [0.4, 0.5) is 0 Å². The Labute approximate surface area is 158 Å². The van der Waals surface area contributed by atoms with E-state index in [2.05, 4.69) is 15.1 Å². The second kappa shape index (κ2) is 7.26. The van der Waals surface area contributed by atoms with E-state index in [0.29, 0.717) is 37.2 Å². The lowest BCUT2D eigenvalue weighted by molar-refractivity contribution is -0.166. The number of carbonyl (C=O) groups is 1. The summed E-state index contributed by atoms with van der Waals surface area (Å²) in [6, 6.07) is 2.29. The molecule has 0 bridgehead atoms. The van der Waals surface area contributed by atoms with Crippen LogP contribution in [0.1, 0.15) is 35.3 Å². The smallest absolute Gasteiger partial charge is 0.316 e. The van der Waals surface area contributed by atoms with Gasteiger partial charge in [0.15, 0.2) is 0 Å². The van der Waals surface area contributed by atoms with Crippen molar-refractivity contribution in [2.45, 2.75) is 31.8 Å². The second-order valence-electron chi connectivity index (χ2n) is 7.57. The molecule has 2 fully saturated rings. The van der Waals surface area contributed by atoms with Crippen LogP contribution < -0.4 is 4.74 Å². The molecule has 4 rings (SSSR count). The largest absolute Gasteiger partial charge is 0.463 e. The molecule has 0 radical (unpaired) electrons. The highest BCUT2D eigenvalue weighted by Crippen LogP contribution is 2.38. The molecule has 2 aliphatic rings. The molecule has 1 unspecified atom stereocenters. The third kappa shape index (κ3) is 3.95. The molecule has 8 heteroatoms. The molecule has 1 atom stereocenters. The van der Waals surface area contributed by atoms with Gasteiger partial charge in [-0.25, -0.2) is 9.97 Å². The maximum absolute atomic E-state index is 12.5. The average Bonchev–Trinajstić information content (AvgIpc) is 3.06. The van der Waals surface area contributed by atoms with Crippen molar-refractivity contribution in [3.63, 3.8) is 0 Å². The number of nitrogens with zero attached hydrogens (tertiary/aromatic N) is 5. The van der Waals surface area contributed by atoms with E-state index in [9.17, 15) is 4.79 Å². The van der Waals surface area contributed by atoms with Gasteiger partial charge in [-0.3, -0.25) is 9.48 Å². The molecule has 1 amide bonds. The van der Waals surface area contributed by atoms with Gasteiger partial charge in [0.2, 0.25) is 0 Å². The summed E-state index contributed by atoms with van der Waals surface area (Å²) in [4.78, 5) is 22.7. The van der Waals surface area contributed by atoms with Crippen molar-refractivity contribution >= 4 is 5.91 Å². The molecule has 144 valence electrons. The van der Waals surface area contributed by atoms with E-state index in [1.54, 1.807) is 23.3 Å².